The molecule has 3 atom stereocenters. The third kappa shape index (κ3) is 1.69. The largest absolute Gasteiger partial charge is 0.339 e. The zero-order valence-corrected chi connectivity index (χ0v) is 8.65. The quantitative estimate of drug-likeness (QED) is 0.630. The molecule has 3 nitrogen and oxygen atoms in total. The second kappa shape index (κ2) is 3.73. The Morgan fingerprint density at radius 1 is 1.50 bits per heavy atom. The Labute approximate surface area is 84.9 Å². The fraction of sp³-hybridized carbons (Fsp3) is 0.727. The molecule has 2 N–H and O–H groups in total. The average molecular weight is 194 g/mol. The number of carbonyl (C=O) groups excluding carboxylic acids is 1. The standard InChI is InChI=1S/C11H18N2O/c1-8-3-2-6-13(8)11(14)9-4-5-10(12)7-9/h4-5,8-10H,2-3,6-7,12H2,1H3. The highest BCUT2D eigenvalue weighted by Crippen LogP contribution is 2.24. The molecule has 1 aliphatic carbocycles. The first kappa shape index (κ1) is 9.71. The van der Waals surface area contributed by atoms with E-state index in [0.29, 0.717) is 6.04 Å². The highest BCUT2D eigenvalue weighted by atomic mass is 16.2. The van der Waals surface area contributed by atoms with Crippen molar-refractivity contribution >= 4 is 5.91 Å². The molecule has 3 unspecified atom stereocenters. The zero-order valence-electron chi connectivity index (χ0n) is 8.65. The van der Waals surface area contributed by atoms with Crippen LogP contribution in [0.3, 0.4) is 0 Å². The summed E-state index contributed by atoms with van der Waals surface area (Å²) >= 11 is 0. The molecule has 1 aliphatic heterocycles. The summed E-state index contributed by atoms with van der Waals surface area (Å²) in [5.41, 5.74) is 5.74. The first-order valence-electron chi connectivity index (χ1n) is 5.43. The van der Waals surface area contributed by atoms with Gasteiger partial charge in [-0.05, 0) is 26.2 Å². The van der Waals surface area contributed by atoms with Gasteiger partial charge in [-0.2, -0.15) is 0 Å². The van der Waals surface area contributed by atoms with Crippen molar-refractivity contribution in [3.05, 3.63) is 12.2 Å². The van der Waals surface area contributed by atoms with Gasteiger partial charge < -0.3 is 10.6 Å². The summed E-state index contributed by atoms with van der Waals surface area (Å²) in [6.45, 7) is 3.06. The van der Waals surface area contributed by atoms with Gasteiger partial charge in [-0.15, -0.1) is 0 Å². The van der Waals surface area contributed by atoms with Gasteiger partial charge in [-0.25, -0.2) is 0 Å². The second-order valence-corrected chi connectivity index (χ2v) is 4.41. The maximum Gasteiger partial charge on any atom is 0.229 e. The van der Waals surface area contributed by atoms with Gasteiger partial charge in [-0.3, -0.25) is 4.79 Å². The molecule has 3 heteroatoms. The van der Waals surface area contributed by atoms with E-state index in [-0.39, 0.29) is 17.9 Å². The van der Waals surface area contributed by atoms with E-state index in [1.54, 1.807) is 0 Å². The molecule has 1 fully saturated rings. The number of carbonyl (C=O) groups is 1. The highest BCUT2D eigenvalue weighted by molar-refractivity contribution is 5.81. The third-order valence-electron chi connectivity index (χ3n) is 3.27. The van der Waals surface area contributed by atoms with Crippen LogP contribution in [0.1, 0.15) is 26.2 Å². The molecule has 1 saturated heterocycles. The van der Waals surface area contributed by atoms with Gasteiger partial charge in [0, 0.05) is 18.6 Å². The van der Waals surface area contributed by atoms with Gasteiger partial charge in [-0.1, -0.05) is 12.2 Å². The van der Waals surface area contributed by atoms with Crippen molar-refractivity contribution in [1.29, 1.82) is 0 Å². The van der Waals surface area contributed by atoms with E-state index in [1.165, 1.54) is 0 Å². The first-order chi connectivity index (χ1) is 6.68. The Balaban J connectivity index is 1.98. The Morgan fingerprint density at radius 3 is 2.79 bits per heavy atom. The van der Waals surface area contributed by atoms with Crippen LogP contribution in [-0.2, 0) is 4.79 Å². The Hall–Kier alpha value is -0.830. The molecule has 0 aromatic rings. The van der Waals surface area contributed by atoms with Crippen LogP contribution in [0.2, 0.25) is 0 Å². The van der Waals surface area contributed by atoms with Crippen LogP contribution in [-0.4, -0.2) is 29.4 Å². The molecule has 0 spiro atoms. The fourth-order valence-electron chi connectivity index (χ4n) is 2.38. The summed E-state index contributed by atoms with van der Waals surface area (Å²) in [4.78, 5) is 14.0. The molecule has 2 aliphatic rings. The van der Waals surface area contributed by atoms with Crippen molar-refractivity contribution in [3.63, 3.8) is 0 Å². The zero-order chi connectivity index (χ0) is 10.1. The van der Waals surface area contributed by atoms with Crippen LogP contribution >= 0.6 is 0 Å². The lowest BCUT2D eigenvalue weighted by Crippen LogP contribution is -2.38. The molecule has 0 bridgehead atoms. The third-order valence-corrected chi connectivity index (χ3v) is 3.27. The first-order valence-corrected chi connectivity index (χ1v) is 5.43. The van der Waals surface area contributed by atoms with Crippen LogP contribution in [0.15, 0.2) is 12.2 Å². The van der Waals surface area contributed by atoms with Crippen molar-refractivity contribution < 1.29 is 4.79 Å². The summed E-state index contributed by atoms with van der Waals surface area (Å²) in [5.74, 6) is 0.324. The monoisotopic (exact) mass is 194 g/mol. The summed E-state index contributed by atoms with van der Waals surface area (Å²) in [6, 6.07) is 0.509. The van der Waals surface area contributed by atoms with Gasteiger partial charge in [0.05, 0.1) is 5.92 Å². The lowest BCUT2D eigenvalue weighted by atomic mass is 10.1. The topological polar surface area (TPSA) is 46.3 Å². The van der Waals surface area contributed by atoms with Crippen molar-refractivity contribution in [3.8, 4) is 0 Å². The molecule has 2 rings (SSSR count). The minimum absolute atomic E-state index is 0.0468. The normalized spacial score (nSPS) is 36.7. The highest BCUT2D eigenvalue weighted by Gasteiger charge is 2.31. The Bertz CT molecular complexity index is 262. The molecule has 1 amide bonds. The van der Waals surface area contributed by atoms with Crippen molar-refractivity contribution in [1.82, 2.24) is 4.90 Å². The number of nitrogens with zero attached hydrogens (tertiary/aromatic N) is 1. The van der Waals surface area contributed by atoms with E-state index in [4.69, 9.17) is 5.73 Å². The second-order valence-electron chi connectivity index (χ2n) is 4.41. The van der Waals surface area contributed by atoms with E-state index in [2.05, 4.69) is 6.92 Å². The van der Waals surface area contributed by atoms with E-state index < -0.39 is 0 Å². The lowest BCUT2D eigenvalue weighted by Gasteiger charge is -2.24. The minimum atomic E-state index is 0.0468. The molecule has 14 heavy (non-hydrogen) atoms. The summed E-state index contributed by atoms with van der Waals surface area (Å²) < 4.78 is 0. The van der Waals surface area contributed by atoms with Crippen LogP contribution < -0.4 is 5.73 Å². The summed E-state index contributed by atoms with van der Waals surface area (Å²) in [6.07, 6.45) is 7.01. The maximum absolute atomic E-state index is 12.0. The van der Waals surface area contributed by atoms with Crippen LogP contribution in [0.25, 0.3) is 0 Å². The van der Waals surface area contributed by atoms with Gasteiger partial charge in [0.25, 0.3) is 0 Å². The molecule has 78 valence electrons. The van der Waals surface area contributed by atoms with Crippen molar-refractivity contribution in [2.45, 2.75) is 38.3 Å². The fourth-order valence-corrected chi connectivity index (χ4v) is 2.38. The van der Waals surface area contributed by atoms with Gasteiger partial charge in [0.2, 0.25) is 5.91 Å². The van der Waals surface area contributed by atoms with E-state index in [0.717, 1.165) is 25.8 Å². The van der Waals surface area contributed by atoms with Crippen LogP contribution in [0.5, 0.6) is 0 Å². The summed E-state index contributed by atoms with van der Waals surface area (Å²) in [5, 5.41) is 0. The van der Waals surface area contributed by atoms with Crippen molar-refractivity contribution in [2.75, 3.05) is 6.54 Å². The van der Waals surface area contributed by atoms with E-state index >= 15 is 0 Å². The molecule has 0 saturated carbocycles. The Morgan fingerprint density at radius 2 is 2.29 bits per heavy atom. The van der Waals surface area contributed by atoms with E-state index in [1.807, 2.05) is 17.1 Å². The smallest absolute Gasteiger partial charge is 0.229 e. The number of amides is 1. The van der Waals surface area contributed by atoms with Crippen molar-refractivity contribution in [2.24, 2.45) is 11.7 Å². The Kier molecular flexibility index (Phi) is 2.59. The SMILES string of the molecule is CC1CCCN1C(=O)C1C=CC(N)C1. The number of likely N-dealkylation sites (tertiary alicyclic amines) is 1. The summed E-state index contributed by atoms with van der Waals surface area (Å²) in [7, 11) is 0. The minimum Gasteiger partial charge on any atom is -0.339 e. The lowest BCUT2D eigenvalue weighted by molar-refractivity contribution is -0.134. The van der Waals surface area contributed by atoms with Gasteiger partial charge in [0.1, 0.15) is 0 Å². The van der Waals surface area contributed by atoms with Gasteiger partial charge >= 0.3 is 0 Å². The molecule has 1 heterocycles. The molecular weight excluding hydrogens is 176 g/mol. The predicted molar refractivity (Wildman–Crippen MR) is 55.6 cm³/mol. The number of nitrogens with two attached hydrogens (primary N) is 1. The number of hydrogen-bond donors (Lipinski definition) is 1. The molecule has 0 radical (unpaired) electrons. The van der Waals surface area contributed by atoms with Crippen LogP contribution in [0.4, 0.5) is 0 Å². The molecule has 0 aromatic carbocycles. The average Bonchev–Trinajstić information content (AvgIpc) is 2.73. The van der Waals surface area contributed by atoms with E-state index in [9.17, 15) is 4.79 Å². The van der Waals surface area contributed by atoms with Gasteiger partial charge in [0.15, 0.2) is 0 Å². The maximum atomic E-state index is 12.0. The number of hydrogen-bond acceptors (Lipinski definition) is 2. The molecular formula is C11H18N2O. The predicted octanol–water partition coefficient (Wildman–Crippen LogP) is 0.901. The molecule has 0 aromatic heterocycles. The number of rotatable bonds is 1. The van der Waals surface area contributed by atoms with Crippen LogP contribution in [0, 0.1) is 5.92 Å².